The van der Waals surface area contributed by atoms with Gasteiger partial charge in [0.25, 0.3) is 0 Å². The van der Waals surface area contributed by atoms with E-state index in [9.17, 15) is 9.90 Å². The lowest BCUT2D eigenvalue weighted by molar-refractivity contribution is -0.130. The van der Waals surface area contributed by atoms with Gasteiger partial charge in [-0.15, -0.1) is 0 Å². The quantitative estimate of drug-likeness (QED) is 0.846. The summed E-state index contributed by atoms with van der Waals surface area (Å²) in [4.78, 5) is 13.6. The number of nitrogens with zero attached hydrogens (tertiary/aromatic N) is 2. The Morgan fingerprint density at radius 2 is 2.35 bits per heavy atom. The van der Waals surface area contributed by atoms with Crippen LogP contribution in [0.25, 0.3) is 0 Å². The number of aliphatic hydroxyl groups excluding tert-OH is 1. The first kappa shape index (κ1) is 12.1. The first-order valence-electron chi connectivity index (χ1n) is 5.95. The van der Waals surface area contributed by atoms with Crippen LogP contribution in [0, 0.1) is 13.8 Å². The number of likely N-dealkylation sites (tertiary alicyclic amines) is 1. The lowest BCUT2D eigenvalue weighted by atomic mass is 10.1. The van der Waals surface area contributed by atoms with Crippen LogP contribution in [0.2, 0.25) is 0 Å². The molecule has 5 nitrogen and oxygen atoms in total. The van der Waals surface area contributed by atoms with Crippen molar-refractivity contribution in [2.24, 2.45) is 0 Å². The summed E-state index contributed by atoms with van der Waals surface area (Å²) < 4.78 is 5.06. The third-order valence-corrected chi connectivity index (χ3v) is 3.29. The number of carbonyl (C=O) groups excluding carboxylic acids is 1. The molecule has 1 N–H and O–H groups in total. The molecule has 0 saturated carbocycles. The van der Waals surface area contributed by atoms with E-state index in [-0.39, 0.29) is 12.0 Å². The topological polar surface area (TPSA) is 66.6 Å². The van der Waals surface area contributed by atoms with Crippen LogP contribution in [0.4, 0.5) is 0 Å². The number of hydrogen-bond acceptors (Lipinski definition) is 4. The lowest BCUT2D eigenvalue weighted by Crippen LogP contribution is -2.29. The standard InChI is InChI=1S/C12H18N2O3/c1-8-11(9(2)17-13-8)3-4-12(16)14-6-5-10(15)7-14/h10,15H,3-7H2,1-2H3/t10-/m1/s1. The molecule has 1 aromatic heterocycles. The molecule has 1 saturated heterocycles. The minimum Gasteiger partial charge on any atom is -0.391 e. The Balaban J connectivity index is 1.88. The maximum absolute atomic E-state index is 11.9. The van der Waals surface area contributed by atoms with Crippen LogP contribution in [0.3, 0.4) is 0 Å². The van der Waals surface area contributed by atoms with Crippen molar-refractivity contribution in [3.8, 4) is 0 Å². The molecule has 1 atom stereocenters. The van der Waals surface area contributed by atoms with Gasteiger partial charge in [-0.3, -0.25) is 4.79 Å². The summed E-state index contributed by atoms with van der Waals surface area (Å²) in [6.45, 7) is 4.89. The van der Waals surface area contributed by atoms with E-state index in [1.54, 1.807) is 4.90 Å². The van der Waals surface area contributed by atoms with Crippen LogP contribution >= 0.6 is 0 Å². The summed E-state index contributed by atoms with van der Waals surface area (Å²) in [7, 11) is 0. The predicted octanol–water partition coefficient (Wildman–Crippen LogP) is 0.817. The zero-order valence-corrected chi connectivity index (χ0v) is 10.3. The molecule has 1 aliphatic rings. The second-order valence-electron chi connectivity index (χ2n) is 4.58. The highest BCUT2D eigenvalue weighted by molar-refractivity contribution is 5.76. The van der Waals surface area contributed by atoms with Crippen molar-refractivity contribution in [3.05, 3.63) is 17.0 Å². The minimum absolute atomic E-state index is 0.0987. The van der Waals surface area contributed by atoms with Crippen molar-refractivity contribution in [2.45, 2.75) is 39.2 Å². The van der Waals surface area contributed by atoms with Crippen LogP contribution in [-0.4, -0.2) is 40.3 Å². The Morgan fingerprint density at radius 1 is 1.59 bits per heavy atom. The summed E-state index contributed by atoms with van der Waals surface area (Å²) in [6, 6.07) is 0. The highest BCUT2D eigenvalue weighted by Gasteiger charge is 2.24. The number of carbonyl (C=O) groups is 1. The molecule has 0 radical (unpaired) electrons. The van der Waals surface area contributed by atoms with E-state index in [1.807, 2.05) is 13.8 Å². The predicted molar refractivity (Wildman–Crippen MR) is 61.5 cm³/mol. The van der Waals surface area contributed by atoms with Gasteiger partial charge in [0.2, 0.25) is 5.91 Å². The molecule has 94 valence electrons. The number of rotatable bonds is 3. The average Bonchev–Trinajstić information content (AvgIpc) is 2.84. The van der Waals surface area contributed by atoms with E-state index in [4.69, 9.17) is 4.52 Å². The SMILES string of the molecule is Cc1noc(C)c1CCC(=O)N1CC[C@@H](O)C1. The van der Waals surface area contributed by atoms with E-state index >= 15 is 0 Å². The van der Waals surface area contributed by atoms with Gasteiger partial charge in [-0.05, 0) is 26.7 Å². The van der Waals surface area contributed by atoms with Gasteiger partial charge < -0.3 is 14.5 Å². The summed E-state index contributed by atoms with van der Waals surface area (Å²) in [6.07, 6.45) is 1.46. The van der Waals surface area contributed by atoms with E-state index < -0.39 is 0 Å². The minimum atomic E-state index is -0.349. The van der Waals surface area contributed by atoms with Gasteiger partial charge in [0, 0.05) is 25.1 Å². The average molecular weight is 238 g/mol. The fraction of sp³-hybridized carbons (Fsp3) is 0.667. The molecular weight excluding hydrogens is 220 g/mol. The number of aryl methyl sites for hydroxylation is 2. The zero-order chi connectivity index (χ0) is 12.4. The molecule has 1 aromatic rings. The molecule has 1 fully saturated rings. The zero-order valence-electron chi connectivity index (χ0n) is 10.3. The Labute approximate surface area is 100 Å². The van der Waals surface area contributed by atoms with Gasteiger partial charge in [0.1, 0.15) is 5.76 Å². The summed E-state index contributed by atoms with van der Waals surface area (Å²) in [5.41, 5.74) is 1.88. The van der Waals surface area contributed by atoms with E-state index in [0.29, 0.717) is 32.4 Å². The molecule has 0 spiro atoms. The van der Waals surface area contributed by atoms with Crippen LogP contribution in [-0.2, 0) is 11.2 Å². The molecule has 2 rings (SSSR count). The molecular formula is C12H18N2O3. The first-order chi connectivity index (χ1) is 8.08. The maximum atomic E-state index is 11.9. The lowest BCUT2D eigenvalue weighted by Gasteiger charge is -2.15. The Bertz CT molecular complexity index is 394. The fourth-order valence-electron chi connectivity index (χ4n) is 2.22. The molecule has 17 heavy (non-hydrogen) atoms. The Kier molecular flexibility index (Phi) is 3.47. The van der Waals surface area contributed by atoms with Crippen LogP contribution < -0.4 is 0 Å². The van der Waals surface area contributed by atoms with Gasteiger partial charge in [-0.2, -0.15) is 0 Å². The van der Waals surface area contributed by atoms with Gasteiger partial charge in [-0.1, -0.05) is 5.16 Å². The largest absolute Gasteiger partial charge is 0.391 e. The van der Waals surface area contributed by atoms with Gasteiger partial charge >= 0.3 is 0 Å². The van der Waals surface area contributed by atoms with E-state index in [1.165, 1.54) is 0 Å². The number of β-amino-alcohol motifs (C(OH)–C–C–N with tert-alkyl or cyclic N) is 1. The molecule has 0 unspecified atom stereocenters. The molecule has 2 heterocycles. The van der Waals surface area contributed by atoms with Gasteiger partial charge in [0.15, 0.2) is 0 Å². The molecule has 0 aliphatic carbocycles. The molecule has 5 heteroatoms. The van der Waals surface area contributed by atoms with Crippen molar-refractivity contribution in [1.82, 2.24) is 10.1 Å². The van der Waals surface area contributed by atoms with Gasteiger partial charge in [0.05, 0.1) is 11.8 Å². The molecule has 1 aliphatic heterocycles. The number of hydrogen-bond donors (Lipinski definition) is 1. The molecule has 0 bridgehead atoms. The van der Waals surface area contributed by atoms with Crippen molar-refractivity contribution in [3.63, 3.8) is 0 Å². The second-order valence-corrected chi connectivity index (χ2v) is 4.58. The van der Waals surface area contributed by atoms with Crippen molar-refractivity contribution < 1.29 is 14.4 Å². The summed E-state index contributed by atoms with van der Waals surface area (Å²) in [5.74, 6) is 0.887. The molecule has 1 amide bonds. The van der Waals surface area contributed by atoms with Crippen molar-refractivity contribution >= 4 is 5.91 Å². The van der Waals surface area contributed by atoms with Crippen LogP contribution in [0.1, 0.15) is 29.9 Å². The third kappa shape index (κ3) is 2.66. The highest BCUT2D eigenvalue weighted by Crippen LogP contribution is 2.16. The van der Waals surface area contributed by atoms with Crippen molar-refractivity contribution in [2.75, 3.05) is 13.1 Å². The van der Waals surface area contributed by atoms with Crippen LogP contribution in [0.5, 0.6) is 0 Å². The Hall–Kier alpha value is -1.36. The third-order valence-electron chi connectivity index (χ3n) is 3.29. The monoisotopic (exact) mass is 238 g/mol. The summed E-state index contributed by atoms with van der Waals surface area (Å²) >= 11 is 0. The number of aromatic nitrogens is 1. The number of amides is 1. The van der Waals surface area contributed by atoms with Crippen LogP contribution in [0.15, 0.2) is 4.52 Å². The smallest absolute Gasteiger partial charge is 0.222 e. The summed E-state index contributed by atoms with van der Waals surface area (Å²) in [5, 5.41) is 13.2. The molecule has 0 aromatic carbocycles. The van der Waals surface area contributed by atoms with Crippen molar-refractivity contribution in [1.29, 1.82) is 0 Å². The maximum Gasteiger partial charge on any atom is 0.222 e. The number of aliphatic hydroxyl groups is 1. The fourth-order valence-corrected chi connectivity index (χ4v) is 2.22. The van der Waals surface area contributed by atoms with E-state index in [2.05, 4.69) is 5.16 Å². The normalized spacial score (nSPS) is 19.9. The first-order valence-corrected chi connectivity index (χ1v) is 5.95. The Morgan fingerprint density at radius 3 is 2.88 bits per heavy atom. The second kappa shape index (κ2) is 4.87. The highest BCUT2D eigenvalue weighted by atomic mass is 16.5. The van der Waals surface area contributed by atoms with Gasteiger partial charge in [-0.25, -0.2) is 0 Å². The van der Waals surface area contributed by atoms with E-state index in [0.717, 1.165) is 17.0 Å².